The van der Waals surface area contributed by atoms with Crippen molar-refractivity contribution in [3.63, 3.8) is 0 Å². The molecule has 0 aromatic heterocycles. The molecule has 1 atom stereocenters. The Bertz CT molecular complexity index is 121. The highest BCUT2D eigenvalue weighted by Gasteiger charge is 2.12. The van der Waals surface area contributed by atoms with Crippen LogP contribution in [-0.4, -0.2) is 41.5 Å². The molecule has 0 amide bonds. The van der Waals surface area contributed by atoms with Crippen LogP contribution in [0.3, 0.4) is 0 Å². The van der Waals surface area contributed by atoms with Gasteiger partial charge in [-0.3, -0.25) is 4.79 Å². The van der Waals surface area contributed by atoms with Crippen LogP contribution in [0.2, 0.25) is 0 Å². The van der Waals surface area contributed by atoms with Crippen LogP contribution in [0, 0.1) is 0 Å². The van der Waals surface area contributed by atoms with Crippen molar-refractivity contribution in [2.75, 3.05) is 19.6 Å². The number of nitrogens with zero attached hydrogens (tertiary/aromatic N) is 1. The van der Waals surface area contributed by atoms with E-state index in [9.17, 15) is 4.79 Å². The number of likely N-dealkylation sites (N-methyl/N-ethyl adjacent to an activating group) is 1. The van der Waals surface area contributed by atoms with Gasteiger partial charge in [-0.2, -0.15) is 0 Å². The van der Waals surface area contributed by atoms with Crippen LogP contribution in [0.25, 0.3) is 0 Å². The van der Waals surface area contributed by atoms with Crippen molar-refractivity contribution in [2.24, 2.45) is 0 Å². The maximum Gasteiger partial charge on any atom is 0.159 e. The summed E-state index contributed by atoms with van der Waals surface area (Å²) in [6, 6.07) is 0. The van der Waals surface area contributed by atoms with E-state index in [1.165, 1.54) is 6.92 Å². The van der Waals surface area contributed by atoms with Gasteiger partial charge in [0.2, 0.25) is 0 Å². The third kappa shape index (κ3) is 4.11. The van der Waals surface area contributed by atoms with Crippen LogP contribution in [-0.2, 0) is 4.79 Å². The number of rotatable bonds is 5. The Hall–Kier alpha value is -0.410. The average Bonchev–Trinajstić information content (AvgIpc) is 1.99. The molecule has 0 bridgehead atoms. The zero-order valence-corrected chi connectivity index (χ0v) is 7.50. The smallest absolute Gasteiger partial charge is 0.159 e. The van der Waals surface area contributed by atoms with Gasteiger partial charge in [-0.25, -0.2) is 0 Å². The van der Waals surface area contributed by atoms with E-state index >= 15 is 0 Å². The molecule has 0 radical (unpaired) electrons. The van der Waals surface area contributed by atoms with Crippen LogP contribution < -0.4 is 0 Å². The first kappa shape index (κ1) is 10.6. The monoisotopic (exact) mass is 159 g/mol. The third-order valence-electron chi connectivity index (χ3n) is 1.79. The van der Waals surface area contributed by atoms with E-state index < -0.39 is 6.10 Å². The lowest BCUT2D eigenvalue weighted by atomic mass is 10.2. The molecule has 0 aromatic carbocycles. The highest BCUT2D eigenvalue weighted by molar-refractivity contribution is 5.80. The molecule has 0 saturated carbocycles. The summed E-state index contributed by atoms with van der Waals surface area (Å²) in [6.07, 6.45) is -0.810. The maximum absolute atomic E-state index is 10.6. The van der Waals surface area contributed by atoms with E-state index in [4.69, 9.17) is 5.11 Å². The van der Waals surface area contributed by atoms with E-state index in [-0.39, 0.29) is 5.78 Å². The van der Waals surface area contributed by atoms with Crippen LogP contribution in [0.5, 0.6) is 0 Å². The summed E-state index contributed by atoms with van der Waals surface area (Å²) in [5.74, 6) is -0.156. The molecule has 0 aromatic rings. The highest BCUT2D eigenvalue weighted by atomic mass is 16.3. The van der Waals surface area contributed by atoms with Gasteiger partial charge in [-0.1, -0.05) is 13.8 Å². The second-order valence-electron chi connectivity index (χ2n) is 2.61. The molecule has 11 heavy (non-hydrogen) atoms. The van der Waals surface area contributed by atoms with Crippen molar-refractivity contribution < 1.29 is 9.90 Å². The average molecular weight is 159 g/mol. The topological polar surface area (TPSA) is 40.5 Å². The van der Waals surface area contributed by atoms with E-state index in [0.717, 1.165) is 13.1 Å². The maximum atomic E-state index is 10.6. The molecule has 0 aliphatic rings. The van der Waals surface area contributed by atoms with Crippen LogP contribution in [0.1, 0.15) is 20.8 Å². The fourth-order valence-corrected chi connectivity index (χ4v) is 0.855. The molecule has 0 saturated heterocycles. The molecular weight excluding hydrogens is 142 g/mol. The lowest BCUT2D eigenvalue weighted by molar-refractivity contribution is -0.125. The van der Waals surface area contributed by atoms with E-state index in [2.05, 4.69) is 0 Å². The summed E-state index contributed by atoms with van der Waals surface area (Å²) in [4.78, 5) is 12.7. The molecule has 1 N–H and O–H groups in total. The Morgan fingerprint density at radius 1 is 1.45 bits per heavy atom. The lowest BCUT2D eigenvalue weighted by Crippen LogP contribution is -2.35. The van der Waals surface area contributed by atoms with Crippen molar-refractivity contribution in [1.82, 2.24) is 4.90 Å². The predicted molar refractivity (Wildman–Crippen MR) is 44.5 cm³/mol. The predicted octanol–water partition coefficient (Wildman–Crippen LogP) is 0.278. The SMILES string of the molecule is CCN(CC)CC(O)C(C)=O. The molecule has 0 aliphatic heterocycles. The van der Waals surface area contributed by atoms with Gasteiger partial charge in [0, 0.05) is 6.54 Å². The third-order valence-corrected chi connectivity index (χ3v) is 1.79. The summed E-state index contributed by atoms with van der Waals surface area (Å²) in [7, 11) is 0. The van der Waals surface area contributed by atoms with Gasteiger partial charge in [0.25, 0.3) is 0 Å². The largest absolute Gasteiger partial charge is 0.384 e. The molecule has 0 aliphatic carbocycles. The first-order valence-corrected chi connectivity index (χ1v) is 4.02. The standard InChI is InChI=1S/C8H17NO2/c1-4-9(5-2)6-8(11)7(3)10/h8,11H,4-6H2,1-3H3. The molecule has 3 nitrogen and oxygen atoms in total. The number of aliphatic hydroxyl groups is 1. The fraction of sp³-hybridized carbons (Fsp3) is 0.875. The van der Waals surface area contributed by atoms with Crippen LogP contribution in [0.4, 0.5) is 0 Å². The molecule has 1 unspecified atom stereocenters. The summed E-state index contributed by atoms with van der Waals surface area (Å²) < 4.78 is 0. The number of aliphatic hydroxyl groups excluding tert-OH is 1. The number of hydrogen-bond acceptors (Lipinski definition) is 3. The highest BCUT2D eigenvalue weighted by Crippen LogP contribution is 1.92. The van der Waals surface area contributed by atoms with Crippen LogP contribution in [0.15, 0.2) is 0 Å². The minimum atomic E-state index is -0.810. The summed E-state index contributed by atoms with van der Waals surface area (Å²) in [5.41, 5.74) is 0. The molecule has 66 valence electrons. The van der Waals surface area contributed by atoms with Crippen molar-refractivity contribution >= 4 is 5.78 Å². The van der Waals surface area contributed by atoms with Crippen molar-refractivity contribution in [3.8, 4) is 0 Å². The summed E-state index contributed by atoms with van der Waals surface area (Å²) in [5, 5.41) is 9.17. The van der Waals surface area contributed by atoms with Gasteiger partial charge < -0.3 is 10.0 Å². The quantitative estimate of drug-likeness (QED) is 0.626. The number of ketones is 1. The van der Waals surface area contributed by atoms with Crippen molar-refractivity contribution in [3.05, 3.63) is 0 Å². The molecule has 0 heterocycles. The minimum absolute atomic E-state index is 0.156. The van der Waals surface area contributed by atoms with Crippen molar-refractivity contribution in [2.45, 2.75) is 26.9 Å². The Kier molecular flexibility index (Phi) is 5.07. The van der Waals surface area contributed by atoms with Gasteiger partial charge in [0.15, 0.2) is 5.78 Å². The molecule has 0 fully saturated rings. The molecular formula is C8H17NO2. The number of carbonyl (C=O) groups excluding carboxylic acids is 1. The molecule has 0 rings (SSSR count). The second-order valence-corrected chi connectivity index (χ2v) is 2.61. The number of Topliss-reactive ketones (excluding diaryl/α,β-unsaturated/α-hetero) is 1. The van der Waals surface area contributed by atoms with Gasteiger partial charge in [-0.15, -0.1) is 0 Å². The zero-order valence-electron chi connectivity index (χ0n) is 7.50. The van der Waals surface area contributed by atoms with Gasteiger partial charge in [-0.05, 0) is 20.0 Å². The Balaban J connectivity index is 3.71. The van der Waals surface area contributed by atoms with E-state index in [1.54, 1.807) is 0 Å². The molecule has 3 heteroatoms. The summed E-state index contributed by atoms with van der Waals surface area (Å²) >= 11 is 0. The second kappa shape index (κ2) is 5.27. The lowest BCUT2D eigenvalue weighted by Gasteiger charge is -2.19. The fourth-order valence-electron chi connectivity index (χ4n) is 0.855. The summed E-state index contributed by atoms with van der Waals surface area (Å²) in [6.45, 7) is 7.64. The Labute approximate surface area is 68.0 Å². The van der Waals surface area contributed by atoms with E-state index in [0.29, 0.717) is 6.54 Å². The normalized spacial score (nSPS) is 13.5. The van der Waals surface area contributed by atoms with Crippen molar-refractivity contribution in [1.29, 1.82) is 0 Å². The van der Waals surface area contributed by atoms with Gasteiger partial charge >= 0.3 is 0 Å². The first-order valence-electron chi connectivity index (χ1n) is 4.02. The number of hydrogen-bond donors (Lipinski definition) is 1. The molecule has 0 spiro atoms. The first-order chi connectivity index (χ1) is 5.11. The Morgan fingerprint density at radius 3 is 2.18 bits per heavy atom. The Morgan fingerprint density at radius 2 is 1.91 bits per heavy atom. The zero-order chi connectivity index (χ0) is 8.85. The van der Waals surface area contributed by atoms with E-state index in [1.807, 2.05) is 18.7 Å². The minimum Gasteiger partial charge on any atom is -0.384 e. The van der Waals surface area contributed by atoms with Gasteiger partial charge in [0.1, 0.15) is 6.10 Å². The van der Waals surface area contributed by atoms with Gasteiger partial charge in [0.05, 0.1) is 0 Å². The number of carbonyl (C=O) groups is 1. The van der Waals surface area contributed by atoms with Crippen LogP contribution >= 0.6 is 0 Å².